The van der Waals surface area contributed by atoms with E-state index in [-0.39, 0.29) is 0 Å². The topological polar surface area (TPSA) is 16.1 Å². The second kappa shape index (κ2) is 6.19. The smallest absolute Gasteiger partial charge is 0.111 e. The average Bonchev–Trinajstić information content (AvgIpc) is 2.89. The molecule has 0 amide bonds. The molecule has 0 aliphatic heterocycles. The highest BCUT2D eigenvalue weighted by molar-refractivity contribution is 7.18. The Morgan fingerprint density at radius 1 is 1.09 bits per heavy atom. The van der Waals surface area contributed by atoms with E-state index in [1.54, 1.807) is 11.3 Å². The molecule has 1 atom stereocenters. The van der Waals surface area contributed by atoms with Crippen LogP contribution < -0.4 is 0 Å². The molecule has 0 saturated carbocycles. The average molecular weight is 310 g/mol. The number of nitrogens with zero attached hydrogens (tertiary/aromatic N) is 2. The Bertz CT molecular complexity index is 738. The van der Waals surface area contributed by atoms with Gasteiger partial charge in [0, 0.05) is 6.54 Å². The minimum atomic E-state index is 0.318. The molecule has 2 aromatic carbocycles. The number of para-hydroxylation sites is 1. The first-order chi connectivity index (χ1) is 10.5. The quantitative estimate of drug-likeness (QED) is 0.666. The Morgan fingerprint density at radius 2 is 1.77 bits per heavy atom. The van der Waals surface area contributed by atoms with Crippen LogP contribution in [0.5, 0.6) is 0 Å². The first-order valence-electron chi connectivity index (χ1n) is 7.66. The summed E-state index contributed by atoms with van der Waals surface area (Å²) in [6, 6.07) is 15.4. The molecule has 0 N–H and O–H groups in total. The van der Waals surface area contributed by atoms with E-state index in [1.807, 2.05) is 0 Å². The normalized spacial score (nSPS) is 13.0. The largest absolute Gasteiger partial charge is 0.293 e. The molecule has 0 unspecified atom stereocenters. The summed E-state index contributed by atoms with van der Waals surface area (Å²) in [6.45, 7) is 7.50. The molecule has 0 bridgehead atoms. The molecule has 0 fully saturated rings. The summed E-state index contributed by atoms with van der Waals surface area (Å²) in [5.74, 6) is 0. The molecule has 114 valence electrons. The van der Waals surface area contributed by atoms with Gasteiger partial charge in [-0.2, -0.15) is 0 Å². The standard InChI is InChI=1S/C19H22N2S/c1-13-9-14(2)11-16(10-13)12-21(4)15(3)19-20-17-7-5-6-8-18(17)22-19/h5-11,15H,12H2,1-4H3/t15-/m0/s1. The summed E-state index contributed by atoms with van der Waals surface area (Å²) < 4.78 is 1.27. The van der Waals surface area contributed by atoms with E-state index in [9.17, 15) is 0 Å². The van der Waals surface area contributed by atoms with Gasteiger partial charge in [-0.25, -0.2) is 4.98 Å². The molecule has 2 nitrogen and oxygen atoms in total. The zero-order valence-corrected chi connectivity index (χ0v) is 14.4. The van der Waals surface area contributed by atoms with Crippen LogP contribution in [0.4, 0.5) is 0 Å². The zero-order chi connectivity index (χ0) is 15.7. The van der Waals surface area contributed by atoms with Crippen LogP contribution in [0.3, 0.4) is 0 Å². The molecule has 3 heteroatoms. The third-order valence-corrected chi connectivity index (χ3v) is 5.25. The SMILES string of the molecule is Cc1cc(C)cc(CN(C)[C@@H](C)c2nc3ccccc3s2)c1. The molecule has 0 aliphatic rings. The molecule has 1 heterocycles. The van der Waals surface area contributed by atoms with E-state index >= 15 is 0 Å². The molecular weight excluding hydrogens is 288 g/mol. The molecule has 1 aromatic heterocycles. The van der Waals surface area contributed by atoms with Gasteiger partial charge in [0.25, 0.3) is 0 Å². The summed E-state index contributed by atoms with van der Waals surface area (Å²) >= 11 is 1.80. The zero-order valence-electron chi connectivity index (χ0n) is 13.6. The van der Waals surface area contributed by atoms with E-state index in [4.69, 9.17) is 4.98 Å². The van der Waals surface area contributed by atoms with Gasteiger partial charge in [0.2, 0.25) is 0 Å². The number of thiazole rings is 1. The van der Waals surface area contributed by atoms with E-state index < -0.39 is 0 Å². The number of aryl methyl sites for hydroxylation is 2. The van der Waals surface area contributed by atoms with Crippen molar-refractivity contribution < 1.29 is 0 Å². The minimum absolute atomic E-state index is 0.318. The third kappa shape index (κ3) is 3.21. The molecular formula is C19H22N2S. The number of hydrogen-bond donors (Lipinski definition) is 0. The van der Waals surface area contributed by atoms with Crippen molar-refractivity contribution in [2.24, 2.45) is 0 Å². The molecule has 0 aliphatic carbocycles. The summed E-state index contributed by atoms with van der Waals surface area (Å²) in [5.41, 5.74) is 5.13. The highest BCUT2D eigenvalue weighted by Gasteiger charge is 2.16. The maximum Gasteiger partial charge on any atom is 0.111 e. The Hall–Kier alpha value is -1.71. The van der Waals surface area contributed by atoms with Crippen molar-refractivity contribution >= 4 is 21.6 Å². The monoisotopic (exact) mass is 310 g/mol. The van der Waals surface area contributed by atoms with Crippen LogP contribution in [0.1, 0.15) is 34.7 Å². The maximum absolute atomic E-state index is 4.79. The van der Waals surface area contributed by atoms with Gasteiger partial charge in [0.15, 0.2) is 0 Å². The van der Waals surface area contributed by atoms with Crippen LogP contribution in [-0.2, 0) is 6.54 Å². The summed E-state index contributed by atoms with van der Waals surface area (Å²) in [4.78, 5) is 7.15. The Morgan fingerprint density at radius 3 is 2.45 bits per heavy atom. The van der Waals surface area contributed by atoms with E-state index in [0.717, 1.165) is 12.1 Å². The lowest BCUT2D eigenvalue weighted by Gasteiger charge is -2.23. The minimum Gasteiger partial charge on any atom is -0.293 e. The molecule has 22 heavy (non-hydrogen) atoms. The van der Waals surface area contributed by atoms with Gasteiger partial charge in [-0.15, -0.1) is 11.3 Å². The van der Waals surface area contributed by atoms with Crippen LogP contribution in [0.2, 0.25) is 0 Å². The highest BCUT2D eigenvalue weighted by atomic mass is 32.1. The summed E-state index contributed by atoms with van der Waals surface area (Å²) in [6.07, 6.45) is 0. The lowest BCUT2D eigenvalue weighted by Crippen LogP contribution is -2.21. The van der Waals surface area contributed by atoms with Gasteiger partial charge >= 0.3 is 0 Å². The Balaban J connectivity index is 1.80. The predicted molar refractivity (Wildman–Crippen MR) is 95.4 cm³/mol. The maximum atomic E-state index is 4.79. The van der Waals surface area contributed by atoms with Crippen LogP contribution in [0.15, 0.2) is 42.5 Å². The van der Waals surface area contributed by atoms with Crippen molar-refractivity contribution in [2.45, 2.75) is 33.4 Å². The number of benzene rings is 2. The van der Waals surface area contributed by atoms with Crippen LogP contribution in [-0.4, -0.2) is 16.9 Å². The van der Waals surface area contributed by atoms with Crippen molar-refractivity contribution in [3.63, 3.8) is 0 Å². The summed E-state index contributed by atoms with van der Waals surface area (Å²) in [5, 5.41) is 1.19. The Labute approximate surface area is 136 Å². The van der Waals surface area contributed by atoms with Gasteiger partial charge in [-0.3, -0.25) is 4.90 Å². The fraction of sp³-hybridized carbons (Fsp3) is 0.316. The van der Waals surface area contributed by atoms with Gasteiger partial charge in [-0.05, 0) is 45.5 Å². The van der Waals surface area contributed by atoms with Crippen molar-refractivity contribution in [1.82, 2.24) is 9.88 Å². The highest BCUT2D eigenvalue weighted by Crippen LogP contribution is 2.29. The predicted octanol–water partition coefficient (Wildman–Crippen LogP) is 5.11. The molecule has 0 radical (unpaired) electrons. The first-order valence-corrected chi connectivity index (χ1v) is 8.47. The number of aromatic nitrogens is 1. The van der Waals surface area contributed by atoms with E-state index in [2.05, 4.69) is 75.2 Å². The lowest BCUT2D eigenvalue weighted by atomic mass is 10.1. The van der Waals surface area contributed by atoms with Crippen LogP contribution >= 0.6 is 11.3 Å². The molecule has 0 spiro atoms. The fourth-order valence-corrected chi connectivity index (χ4v) is 3.93. The second-order valence-corrected chi connectivity index (χ2v) is 7.17. The van der Waals surface area contributed by atoms with Gasteiger partial charge in [-0.1, -0.05) is 41.5 Å². The van der Waals surface area contributed by atoms with Crippen molar-refractivity contribution in [1.29, 1.82) is 0 Å². The van der Waals surface area contributed by atoms with Crippen LogP contribution in [0, 0.1) is 13.8 Å². The van der Waals surface area contributed by atoms with Gasteiger partial charge in [0.05, 0.1) is 16.3 Å². The number of hydrogen-bond acceptors (Lipinski definition) is 3. The molecule has 3 rings (SSSR count). The first kappa shape index (κ1) is 15.2. The van der Waals surface area contributed by atoms with Gasteiger partial charge in [0.1, 0.15) is 5.01 Å². The van der Waals surface area contributed by atoms with Crippen molar-refractivity contribution in [3.8, 4) is 0 Å². The van der Waals surface area contributed by atoms with Crippen LogP contribution in [0.25, 0.3) is 10.2 Å². The summed E-state index contributed by atoms with van der Waals surface area (Å²) in [7, 11) is 2.17. The van der Waals surface area contributed by atoms with E-state index in [0.29, 0.717) is 6.04 Å². The molecule has 0 saturated heterocycles. The number of fused-ring (bicyclic) bond motifs is 1. The lowest BCUT2D eigenvalue weighted by molar-refractivity contribution is 0.253. The van der Waals surface area contributed by atoms with Crippen molar-refractivity contribution in [2.75, 3.05) is 7.05 Å². The van der Waals surface area contributed by atoms with Gasteiger partial charge < -0.3 is 0 Å². The fourth-order valence-electron chi connectivity index (χ4n) is 2.84. The molecule has 3 aromatic rings. The Kier molecular flexibility index (Phi) is 4.27. The second-order valence-electron chi connectivity index (χ2n) is 6.11. The third-order valence-electron chi connectivity index (χ3n) is 4.04. The van der Waals surface area contributed by atoms with Crippen molar-refractivity contribution in [3.05, 3.63) is 64.2 Å². The van der Waals surface area contributed by atoms with E-state index in [1.165, 1.54) is 26.4 Å². The number of rotatable bonds is 4.